The maximum atomic E-state index is 12.5. The summed E-state index contributed by atoms with van der Waals surface area (Å²) >= 11 is 0. The smallest absolute Gasteiger partial charge is 0.255 e. The fourth-order valence-electron chi connectivity index (χ4n) is 2.86. The van der Waals surface area contributed by atoms with Crippen LogP contribution in [0.25, 0.3) is 11.3 Å². The highest BCUT2D eigenvalue weighted by molar-refractivity contribution is 5.99. The van der Waals surface area contributed by atoms with E-state index in [0.29, 0.717) is 17.8 Å². The molecule has 0 saturated carbocycles. The van der Waals surface area contributed by atoms with Gasteiger partial charge in [-0.25, -0.2) is 0 Å². The standard InChI is InChI=1S/C19H23N5O2/c1-13-11-14(2)24(23-13)10-4-9-20-19(25)17-12-21-22-18(17)15-5-7-16(26-3)8-6-15/h5-8,11-12H,4,9-10H2,1-3H3,(H,20,25)(H,21,22). The highest BCUT2D eigenvalue weighted by atomic mass is 16.5. The van der Waals surface area contributed by atoms with Gasteiger partial charge in [0.25, 0.3) is 5.91 Å². The van der Waals surface area contributed by atoms with Crippen molar-refractivity contribution in [3.8, 4) is 17.0 Å². The van der Waals surface area contributed by atoms with Gasteiger partial charge < -0.3 is 10.1 Å². The van der Waals surface area contributed by atoms with E-state index in [4.69, 9.17) is 4.74 Å². The minimum atomic E-state index is -0.141. The molecule has 0 bridgehead atoms. The lowest BCUT2D eigenvalue weighted by atomic mass is 10.1. The number of benzene rings is 1. The van der Waals surface area contributed by atoms with E-state index >= 15 is 0 Å². The monoisotopic (exact) mass is 353 g/mol. The Hall–Kier alpha value is -3.09. The summed E-state index contributed by atoms with van der Waals surface area (Å²) in [6.45, 7) is 5.36. The summed E-state index contributed by atoms with van der Waals surface area (Å²) in [5, 5.41) is 14.3. The lowest BCUT2D eigenvalue weighted by Crippen LogP contribution is -2.25. The molecule has 0 aliphatic rings. The van der Waals surface area contributed by atoms with Gasteiger partial charge >= 0.3 is 0 Å². The third-order valence-corrected chi connectivity index (χ3v) is 4.20. The first kappa shape index (κ1) is 17.7. The summed E-state index contributed by atoms with van der Waals surface area (Å²) in [4.78, 5) is 12.5. The van der Waals surface area contributed by atoms with Gasteiger partial charge in [-0.05, 0) is 50.6 Å². The zero-order chi connectivity index (χ0) is 18.5. The lowest BCUT2D eigenvalue weighted by Gasteiger charge is -2.08. The number of carbonyl (C=O) groups excluding carboxylic acids is 1. The quantitative estimate of drug-likeness (QED) is 0.640. The number of aryl methyl sites for hydroxylation is 3. The average Bonchev–Trinajstić information content (AvgIpc) is 3.25. The van der Waals surface area contributed by atoms with Crippen molar-refractivity contribution < 1.29 is 9.53 Å². The second-order valence-electron chi connectivity index (χ2n) is 6.15. The molecule has 136 valence electrons. The van der Waals surface area contributed by atoms with Gasteiger partial charge in [-0.2, -0.15) is 10.2 Å². The third-order valence-electron chi connectivity index (χ3n) is 4.20. The highest BCUT2D eigenvalue weighted by Crippen LogP contribution is 2.23. The van der Waals surface area contributed by atoms with E-state index in [-0.39, 0.29) is 5.91 Å². The van der Waals surface area contributed by atoms with Gasteiger partial charge in [-0.3, -0.25) is 14.6 Å². The number of nitrogens with one attached hydrogen (secondary N) is 2. The molecule has 7 heteroatoms. The summed E-state index contributed by atoms with van der Waals surface area (Å²) in [5.41, 5.74) is 4.25. The van der Waals surface area contributed by atoms with E-state index in [9.17, 15) is 4.79 Å². The van der Waals surface area contributed by atoms with Crippen molar-refractivity contribution in [2.24, 2.45) is 0 Å². The van der Waals surface area contributed by atoms with Crippen molar-refractivity contribution in [1.82, 2.24) is 25.3 Å². The van der Waals surface area contributed by atoms with Crippen molar-refractivity contribution >= 4 is 5.91 Å². The number of rotatable bonds is 7. The highest BCUT2D eigenvalue weighted by Gasteiger charge is 2.15. The van der Waals surface area contributed by atoms with Crippen molar-refractivity contribution in [3.63, 3.8) is 0 Å². The first-order chi connectivity index (χ1) is 12.6. The number of methoxy groups -OCH3 is 1. The molecule has 0 aliphatic carbocycles. The van der Waals surface area contributed by atoms with Gasteiger partial charge in [0.2, 0.25) is 0 Å². The molecule has 0 unspecified atom stereocenters. The van der Waals surface area contributed by atoms with E-state index < -0.39 is 0 Å². The van der Waals surface area contributed by atoms with E-state index in [0.717, 1.165) is 35.7 Å². The van der Waals surface area contributed by atoms with E-state index in [2.05, 4.69) is 20.6 Å². The largest absolute Gasteiger partial charge is 0.497 e. The second-order valence-corrected chi connectivity index (χ2v) is 6.15. The molecule has 0 saturated heterocycles. The molecule has 0 fully saturated rings. The van der Waals surface area contributed by atoms with Gasteiger partial charge in [-0.15, -0.1) is 0 Å². The van der Waals surface area contributed by atoms with Crippen molar-refractivity contribution in [2.75, 3.05) is 13.7 Å². The Morgan fingerprint density at radius 2 is 2.04 bits per heavy atom. The zero-order valence-corrected chi connectivity index (χ0v) is 15.2. The van der Waals surface area contributed by atoms with Crippen LogP contribution in [0.1, 0.15) is 28.2 Å². The summed E-state index contributed by atoms with van der Waals surface area (Å²) in [6.07, 6.45) is 2.36. The Morgan fingerprint density at radius 1 is 1.27 bits per heavy atom. The number of H-pyrrole nitrogens is 1. The van der Waals surface area contributed by atoms with Crippen LogP contribution in [0.4, 0.5) is 0 Å². The Morgan fingerprint density at radius 3 is 2.69 bits per heavy atom. The number of carbonyl (C=O) groups is 1. The summed E-state index contributed by atoms with van der Waals surface area (Å²) < 4.78 is 7.12. The minimum Gasteiger partial charge on any atom is -0.497 e. The fraction of sp³-hybridized carbons (Fsp3) is 0.316. The molecule has 1 amide bonds. The first-order valence-corrected chi connectivity index (χ1v) is 8.55. The Balaban J connectivity index is 1.58. The second kappa shape index (κ2) is 7.86. The SMILES string of the molecule is COc1ccc(-c2[nH]ncc2C(=O)NCCCn2nc(C)cc2C)cc1. The molecular weight excluding hydrogens is 330 g/mol. The Kier molecular flexibility index (Phi) is 5.36. The van der Waals surface area contributed by atoms with Crippen molar-refractivity contribution in [3.05, 3.63) is 53.5 Å². The number of aromatic nitrogens is 4. The first-order valence-electron chi connectivity index (χ1n) is 8.55. The van der Waals surface area contributed by atoms with E-state index in [1.165, 1.54) is 0 Å². The molecular formula is C19H23N5O2. The molecule has 26 heavy (non-hydrogen) atoms. The van der Waals surface area contributed by atoms with Crippen molar-refractivity contribution in [2.45, 2.75) is 26.8 Å². The van der Waals surface area contributed by atoms with Gasteiger partial charge in [-0.1, -0.05) is 0 Å². The van der Waals surface area contributed by atoms with Crippen LogP contribution in [0.5, 0.6) is 5.75 Å². The van der Waals surface area contributed by atoms with Crippen LogP contribution in [-0.4, -0.2) is 39.5 Å². The number of aromatic amines is 1. The molecule has 2 heterocycles. The van der Waals surface area contributed by atoms with E-state index in [1.807, 2.05) is 48.9 Å². The van der Waals surface area contributed by atoms with Crippen LogP contribution >= 0.6 is 0 Å². The van der Waals surface area contributed by atoms with Gasteiger partial charge in [0, 0.05) is 24.3 Å². The average molecular weight is 353 g/mol. The summed E-state index contributed by atoms with van der Waals surface area (Å²) in [6, 6.07) is 9.54. The topological polar surface area (TPSA) is 84.8 Å². The molecule has 0 spiro atoms. The normalized spacial score (nSPS) is 10.7. The van der Waals surface area contributed by atoms with Gasteiger partial charge in [0.15, 0.2) is 0 Å². The molecule has 0 aliphatic heterocycles. The Bertz CT molecular complexity index is 880. The molecule has 2 aromatic heterocycles. The van der Waals surface area contributed by atoms with Gasteiger partial charge in [0.05, 0.1) is 30.3 Å². The summed E-state index contributed by atoms with van der Waals surface area (Å²) in [5.74, 6) is 0.626. The maximum Gasteiger partial charge on any atom is 0.255 e. The number of amides is 1. The van der Waals surface area contributed by atoms with E-state index in [1.54, 1.807) is 13.3 Å². The third kappa shape index (κ3) is 3.93. The van der Waals surface area contributed by atoms with Crippen LogP contribution in [0.3, 0.4) is 0 Å². The molecule has 2 N–H and O–H groups in total. The van der Waals surface area contributed by atoms with Crippen molar-refractivity contribution in [1.29, 1.82) is 0 Å². The van der Waals surface area contributed by atoms with Crippen LogP contribution in [0, 0.1) is 13.8 Å². The number of hydrogen-bond acceptors (Lipinski definition) is 4. The molecule has 3 rings (SSSR count). The molecule has 1 aromatic carbocycles. The molecule has 7 nitrogen and oxygen atoms in total. The molecule has 3 aromatic rings. The predicted molar refractivity (Wildman–Crippen MR) is 99.2 cm³/mol. The minimum absolute atomic E-state index is 0.141. The fourth-order valence-corrected chi connectivity index (χ4v) is 2.86. The van der Waals surface area contributed by atoms with Crippen LogP contribution in [0.2, 0.25) is 0 Å². The predicted octanol–water partition coefficient (Wildman–Crippen LogP) is 2.72. The molecule has 0 radical (unpaired) electrons. The van der Waals surface area contributed by atoms with Crippen LogP contribution in [-0.2, 0) is 6.54 Å². The Labute approximate surface area is 152 Å². The maximum absolute atomic E-state index is 12.5. The lowest BCUT2D eigenvalue weighted by molar-refractivity contribution is 0.0953. The number of nitrogens with zero attached hydrogens (tertiary/aromatic N) is 3. The summed E-state index contributed by atoms with van der Waals surface area (Å²) in [7, 11) is 1.62. The van der Waals surface area contributed by atoms with Gasteiger partial charge in [0.1, 0.15) is 5.75 Å². The van der Waals surface area contributed by atoms with Crippen LogP contribution in [0.15, 0.2) is 36.5 Å². The molecule has 0 atom stereocenters. The number of ether oxygens (including phenoxy) is 1. The number of hydrogen-bond donors (Lipinski definition) is 2. The van der Waals surface area contributed by atoms with Crippen LogP contribution < -0.4 is 10.1 Å². The zero-order valence-electron chi connectivity index (χ0n) is 15.2.